The summed E-state index contributed by atoms with van der Waals surface area (Å²) in [6, 6.07) is 6.12. The maximum atomic E-state index is 12.2. The van der Waals surface area contributed by atoms with Crippen LogP contribution in [0.2, 0.25) is 10.3 Å². The lowest BCUT2D eigenvalue weighted by atomic mass is 10.2. The molecule has 2 heterocycles. The van der Waals surface area contributed by atoms with Crippen molar-refractivity contribution in [1.29, 1.82) is 0 Å². The Morgan fingerprint density at radius 2 is 1.65 bits per heavy atom. The van der Waals surface area contributed by atoms with Gasteiger partial charge in [-0.3, -0.25) is 9.59 Å². The van der Waals surface area contributed by atoms with Gasteiger partial charge in [0, 0.05) is 43.7 Å². The van der Waals surface area contributed by atoms with Crippen LogP contribution in [0.5, 0.6) is 0 Å². The summed E-state index contributed by atoms with van der Waals surface area (Å²) in [5.41, 5.74) is 0.861. The van der Waals surface area contributed by atoms with Crippen LogP contribution in [0.3, 0.4) is 0 Å². The molecule has 0 aliphatic heterocycles. The zero-order valence-electron chi connectivity index (χ0n) is 12.3. The van der Waals surface area contributed by atoms with Gasteiger partial charge in [-0.25, -0.2) is 9.97 Å². The highest BCUT2D eigenvalue weighted by molar-refractivity contribution is 6.30. The van der Waals surface area contributed by atoms with Crippen molar-refractivity contribution in [2.45, 2.75) is 0 Å². The van der Waals surface area contributed by atoms with Gasteiger partial charge in [-0.2, -0.15) is 0 Å². The highest BCUT2D eigenvalue weighted by Gasteiger charge is 2.13. The molecule has 0 unspecified atom stereocenters. The summed E-state index contributed by atoms with van der Waals surface area (Å²) in [4.78, 5) is 33.3. The maximum absolute atomic E-state index is 12.2. The second-order valence-corrected chi connectivity index (χ2v) is 5.49. The molecule has 23 heavy (non-hydrogen) atoms. The van der Waals surface area contributed by atoms with Crippen molar-refractivity contribution < 1.29 is 9.59 Å². The maximum Gasteiger partial charge on any atom is 0.253 e. The monoisotopic (exact) mass is 352 g/mol. The van der Waals surface area contributed by atoms with E-state index in [4.69, 9.17) is 23.2 Å². The Morgan fingerprint density at radius 3 is 2.26 bits per heavy atom. The number of hydrogen-bond acceptors (Lipinski definition) is 4. The van der Waals surface area contributed by atoms with Crippen molar-refractivity contribution in [3.63, 3.8) is 0 Å². The van der Waals surface area contributed by atoms with Gasteiger partial charge in [0.1, 0.15) is 10.3 Å². The van der Waals surface area contributed by atoms with Gasteiger partial charge in [-0.05, 0) is 24.3 Å². The van der Waals surface area contributed by atoms with Crippen molar-refractivity contribution in [1.82, 2.24) is 20.2 Å². The zero-order chi connectivity index (χ0) is 16.8. The molecule has 2 rings (SSSR count). The highest BCUT2D eigenvalue weighted by atomic mass is 35.5. The van der Waals surface area contributed by atoms with E-state index in [2.05, 4.69) is 15.3 Å². The molecular weight excluding hydrogens is 339 g/mol. The van der Waals surface area contributed by atoms with Crippen LogP contribution in [0.15, 0.2) is 36.7 Å². The first kappa shape index (κ1) is 17.2. The summed E-state index contributed by atoms with van der Waals surface area (Å²) in [5, 5.41) is 3.22. The Kier molecular flexibility index (Phi) is 5.90. The average molecular weight is 353 g/mol. The largest absolute Gasteiger partial charge is 0.350 e. The van der Waals surface area contributed by atoms with Crippen LogP contribution in [-0.4, -0.2) is 46.8 Å². The van der Waals surface area contributed by atoms with E-state index in [1.165, 1.54) is 29.4 Å². The van der Waals surface area contributed by atoms with Crippen LogP contribution in [0.1, 0.15) is 20.7 Å². The first-order valence-corrected chi connectivity index (χ1v) is 7.50. The van der Waals surface area contributed by atoms with E-state index in [1.807, 2.05) is 0 Å². The van der Waals surface area contributed by atoms with Gasteiger partial charge in [0.25, 0.3) is 11.8 Å². The Balaban J connectivity index is 1.86. The summed E-state index contributed by atoms with van der Waals surface area (Å²) < 4.78 is 0. The van der Waals surface area contributed by atoms with E-state index < -0.39 is 0 Å². The molecule has 0 saturated carbocycles. The minimum atomic E-state index is -0.276. The second-order valence-electron chi connectivity index (χ2n) is 4.72. The number of hydrogen-bond donors (Lipinski definition) is 1. The molecule has 0 aliphatic carbocycles. The molecule has 1 N–H and O–H groups in total. The minimum Gasteiger partial charge on any atom is -0.350 e. The Labute approximate surface area is 143 Å². The van der Waals surface area contributed by atoms with Crippen molar-refractivity contribution in [2.75, 3.05) is 20.1 Å². The van der Waals surface area contributed by atoms with Crippen LogP contribution in [0, 0.1) is 0 Å². The fourth-order valence-corrected chi connectivity index (χ4v) is 2.19. The van der Waals surface area contributed by atoms with E-state index >= 15 is 0 Å². The number of nitrogens with zero attached hydrogens (tertiary/aromatic N) is 3. The highest BCUT2D eigenvalue weighted by Crippen LogP contribution is 2.09. The number of amides is 2. The first-order chi connectivity index (χ1) is 11.0. The van der Waals surface area contributed by atoms with E-state index in [9.17, 15) is 9.59 Å². The lowest BCUT2D eigenvalue weighted by Crippen LogP contribution is -2.36. The lowest BCUT2D eigenvalue weighted by molar-refractivity contribution is 0.0787. The number of carbonyl (C=O) groups is 2. The topological polar surface area (TPSA) is 75.2 Å². The normalized spacial score (nSPS) is 10.2. The number of halogens is 2. The molecule has 0 atom stereocenters. The smallest absolute Gasteiger partial charge is 0.253 e. The van der Waals surface area contributed by atoms with Gasteiger partial charge in [0.05, 0.1) is 0 Å². The van der Waals surface area contributed by atoms with E-state index in [-0.39, 0.29) is 22.1 Å². The van der Waals surface area contributed by atoms with Crippen LogP contribution in [0.25, 0.3) is 0 Å². The fraction of sp³-hybridized carbons (Fsp3) is 0.200. The fourth-order valence-electron chi connectivity index (χ4n) is 1.84. The Bertz CT molecular complexity index is 724. The van der Waals surface area contributed by atoms with Gasteiger partial charge in [0.2, 0.25) is 0 Å². The summed E-state index contributed by atoms with van der Waals surface area (Å²) in [6.07, 6.45) is 2.93. The number of aromatic nitrogens is 2. The standard InChI is InChI=1S/C15H14Cl2N4O2/c1-21(15(23)11-3-5-19-13(17)9-11)7-6-20-14(22)10-2-4-18-12(16)8-10/h2-5,8-9H,6-7H2,1H3,(H,20,22). The van der Waals surface area contributed by atoms with Crippen molar-refractivity contribution >= 4 is 35.0 Å². The summed E-state index contributed by atoms with van der Waals surface area (Å²) in [6.45, 7) is 0.656. The first-order valence-electron chi connectivity index (χ1n) is 6.74. The lowest BCUT2D eigenvalue weighted by Gasteiger charge is -2.17. The van der Waals surface area contributed by atoms with Gasteiger partial charge in [-0.15, -0.1) is 0 Å². The minimum absolute atomic E-state index is 0.199. The molecule has 8 heteroatoms. The third-order valence-electron chi connectivity index (χ3n) is 3.04. The third kappa shape index (κ3) is 4.91. The van der Waals surface area contributed by atoms with Crippen LogP contribution >= 0.6 is 23.2 Å². The zero-order valence-corrected chi connectivity index (χ0v) is 13.8. The van der Waals surface area contributed by atoms with E-state index in [0.29, 0.717) is 24.2 Å². The van der Waals surface area contributed by atoms with Crippen molar-refractivity contribution in [2.24, 2.45) is 0 Å². The van der Waals surface area contributed by atoms with E-state index in [0.717, 1.165) is 0 Å². The molecule has 0 fully saturated rings. The van der Waals surface area contributed by atoms with Gasteiger partial charge < -0.3 is 10.2 Å². The second kappa shape index (κ2) is 7.89. The number of likely N-dealkylation sites (N-methyl/N-ethyl adjacent to an activating group) is 1. The van der Waals surface area contributed by atoms with Gasteiger partial charge in [-0.1, -0.05) is 23.2 Å². The predicted octanol–water partition coefficient (Wildman–Crippen LogP) is 2.29. The molecule has 6 nitrogen and oxygen atoms in total. The van der Waals surface area contributed by atoms with Crippen LogP contribution in [0.4, 0.5) is 0 Å². The predicted molar refractivity (Wildman–Crippen MR) is 87.8 cm³/mol. The summed E-state index contributed by atoms with van der Waals surface area (Å²) >= 11 is 11.5. The molecule has 0 bridgehead atoms. The summed E-state index contributed by atoms with van der Waals surface area (Å²) in [5.74, 6) is -0.474. The molecule has 0 aromatic carbocycles. The van der Waals surface area contributed by atoms with Crippen molar-refractivity contribution in [3.05, 3.63) is 58.1 Å². The Hall–Kier alpha value is -2.18. The van der Waals surface area contributed by atoms with Crippen LogP contribution in [-0.2, 0) is 0 Å². The molecule has 0 radical (unpaired) electrons. The molecule has 0 aliphatic rings. The van der Waals surface area contributed by atoms with Crippen LogP contribution < -0.4 is 5.32 Å². The molecule has 0 spiro atoms. The SMILES string of the molecule is CN(CCNC(=O)c1ccnc(Cl)c1)C(=O)c1ccnc(Cl)c1. The van der Waals surface area contributed by atoms with E-state index in [1.54, 1.807) is 19.2 Å². The Morgan fingerprint density at radius 1 is 1.09 bits per heavy atom. The number of rotatable bonds is 5. The average Bonchev–Trinajstić information content (AvgIpc) is 2.54. The quantitative estimate of drug-likeness (QED) is 0.837. The molecule has 2 aromatic rings. The number of carbonyl (C=O) groups excluding carboxylic acids is 2. The third-order valence-corrected chi connectivity index (χ3v) is 3.46. The summed E-state index contributed by atoms with van der Waals surface area (Å²) in [7, 11) is 1.64. The molecule has 0 saturated heterocycles. The molecule has 2 aromatic heterocycles. The molecule has 2 amide bonds. The number of nitrogens with one attached hydrogen (secondary N) is 1. The number of pyridine rings is 2. The van der Waals surface area contributed by atoms with Gasteiger partial charge >= 0.3 is 0 Å². The van der Waals surface area contributed by atoms with Gasteiger partial charge in [0.15, 0.2) is 0 Å². The molecular formula is C15H14Cl2N4O2. The van der Waals surface area contributed by atoms with Crippen molar-refractivity contribution in [3.8, 4) is 0 Å². The molecule has 120 valence electrons.